The highest BCUT2D eigenvalue weighted by Gasteiger charge is 2.33. The van der Waals surface area contributed by atoms with Crippen molar-refractivity contribution in [1.29, 1.82) is 0 Å². The van der Waals surface area contributed by atoms with E-state index in [1.807, 2.05) is 23.1 Å². The maximum absolute atomic E-state index is 12.3. The molecular formula is C18H25N3O4. The van der Waals surface area contributed by atoms with Gasteiger partial charge in [-0.3, -0.25) is 14.5 Å². The number of nitrogens with zero attached hydrogens (tertiary/aromatic N) is 1. The van der Waals surface area contributed by atoms with Crippen molar-refractivity contribution in [3.8, 4) is 11.5 Å². The molecule has 1 atom stereocenters. The van der Waals surface area contributed by atoms with Gasteiger partial charge < -0.3 is 20.1 Å². The van der Waals surface area contributed by atoms with Gasteiger partial charge in [-0.05, 0) is 18.9 Å². The first-order chi connectivity index (χ1) is 12.1. The summed E-state index contributed by atoms with van der Waals surface area (Å²) in [6, 6.07) is 5.52. The van der Waals surface area contributed by atoms with Crippen LogP contribution in [0.15, 0.2) is 18.2 Å². The molecule has 1 aliphatic heterocycles. The van der Waals surface area contributed by atoms with Crippen LogP contribution in [0.2, 0.25) is 0 Å². The van der Waals surface area contributed by atoms with E-state index in [4.69, 9.17) is 9.47 Å². The van der Waals surface area contributed by atoms with Gasteiger partial charge in [-0.1, -0.05) is 12.1 Å². The van der Waals surface area contributed by atoms with Crippen LogP contribution in [0.5, 0.6) is 11.5 Å². The van der Waals surface area contributed by atoms with E-state index in [0.717, 1.165) is 18.4 Å². The van der Waals surface area contributed by atoms with Crippen LogP contribution in [0.3, 0.4) is 0 Å². The fourth-order valence-corrected chi connectivity index (χ4v) is 3.16. The average molecular weight is 347 g/mol. The SMILES string of the molecule is COc1cccc(CN2CCNC(=O)[C@@H]2CC(=O)NC2CC2)c1OC. The highest BCUT2D eigenvalue weighted by Crippen LogP contribution is 2.32. The normalized spacial score (nSPS) is 20.7. The van der Waals surface area contributed by atoms with E-state index in [-0.39, 0.29) is 18.2 Å². The summed E-state index contributed by atoms with van der Waals surface area (Å²) in [5.74, 6) is 1.16. The molecule has 1 saturated carbocycles. The third kappa shape index (κ3) is 4.22. The number of hydrogen-bond donors (Lipinski definition) is 2. The molecule has 7 heteroatoms. The zero-order valence-electron chi connectivity index (χ0n) is 14.7. The predicted octanol–water partition coefficient (Wildman–Crippen LogP) is 0.673. The first kappa shape index (κ1) is 17.5. The Morgan fingerprint density at radius 3 is 2.80 bits per heavy atom. The lowest BCUT2D eigenvalue weighted by Gasteiger charge is -2.35. The predicted molar refractivity (Wildman–Crippen MR) is 92.5 cm³/mol. The zero-order chi connectivity index (χ0) is 17.8. The summed E-state index contributed by atoms with van der Waals surface area (Å²) < 4.78 is 10.8. The maximum Gasteiger partial charge on any atom is 0.237 e. The van der Waals surface area contributed by atoms with Crippen LogP contribution in [0, 0.1) is 0 Å². The zero-order valence-corrected chi connectivity index (χ0v) is 14.7. The molecule has 3 rings (SSSR count). The number of ether oxygens (including phenoxy) is 2. The summed E-state index contributed by atoms with van der Waals surface area (Å²) in [5.41, 5.74) is 0.934. The molecule has 0 spiro atoms. The van der Waals surface area contributed by atoms with E-state index in [1.165, 1.54) is 0 Å². The van der Waals surface area contributed by atoms with Crippen LogP contribution in [-0.2, 0) is 16.1 Å². The lowest BCUT2D eigenvalue weighted by Crippen LogP contribution is -2.56. The second-order valence-electron chi connectivity index (χ2n) is 6.48. The molecule has 25 heavy (non-hydrogen) atoms. The highest BCUT2D eigenvalue weighted by molar-refractivity contribution is 5.89. The van der Waals surface area contributed by atoms with Crippen molar-refractivity contribution in [2.45, 2.75) is 37.9 Å². The van der Waals surface area contributed by atoms with Crippen LogP contribution in [0.1, 0.15) is 24.8 Å². The molecule has 2 aliphatic rings. The molecule has 0 unspecified atom stereocenters. The molecule has 0 radical (unpaired) electrons. The number of amides is 2. The van der Waals surface area contributed by atoms with Gasteiger partial charge in [0, 0.05) is 31.2 Å². The molecule has 1 aromatic carbocycles. The topological polar surface area (TPSA) is 79.9 Å². The summed E-state index contributed by atoms with van der Waals surface area (Å²) in [6.07, 6.45) is 2.25. The fraction of sp³-hybridized carbons (Fsp3) is 0.556. The molecule has 0 bridgehead atoms. The number of benzene rings is 1. The standard InChI is InChI=1S/C18H25N3O4/c1-24-15-5-3-4-12(17(15)25-2)11-21-9-8-19-18(23)14(21)10-16(22)20-13-6-7-13/h3-5,13-14H,6-11H2,1-2H3,(H,19,23)(H,20,22)/t14-/m0/s1. The smallest absolute Gasteiger partial charge is 0.237 e. The summed E-state index contributed by atoms with van der Waals surface area (Å²) >= 11 is 0. The quantitative estimate of drug-likeness (QED) is 0.758. The molecule has 136 valence electrons. The number of rotatable bonds is 7. The van der Waals surface area contributed by atoms with Crippen molar-refractivity contribution in [2.24, 2.45) is 0 Å². The Labute approximate surface area is 147 Å². The van der Waals surface area contributed by atoms with Crippen molar-refractivity contribution >= 4 is 11.8 Å². The summed E-state index contributed by atoms with van der Waals surface area (Å²) in [5, 5.41) is 5.81. The fourth-order valence-electron chi connectivity index (χ4n) is 3.16. The Hall–Kier alpha value is -2.28. The second-order valence-corrected chi connectivity index (χ2v) is 6.48. The van der Waals surface area contributed by atoms with Gasteiger partial charge in [0.15, 0.2) is 11.5 Å². The van der Waals surface area contributed by atoms with E-state index in [0.29, 0.717) is 37.2 Å². The van der Waals surface area contributed by atoms with E-state index >= 15 is 0 Å². The lowest BCUT2D eigenvalue weighted by molar-refractivity contribution is -0.134. The van der Waals surface area contributed by atoms with E-state index < -0.39 is 6.04 Å². The summed E-state index contributed by atoms with van der Waals surface area (Å²) in [7, 11) is 3.20. The van der Waals surface area contributed by atoms with Crippen LogP contribution < -0.4 is 20.1 Å². The molecule has 0 aromatic heterocycles. The minimum Gasteiger partial charge on any atom is -0.493 e. The van der Waals surface area contributed by atoms with Crippen LogP contribution in [-0.4, -0.2) is 56.1 Å². The van der Waals surface area contributed by atoms with Crippen molar-refractivity contribution in [2.75, 3.05) is 27.3 Å². The Balaban J connectivity index is 1.74. The largest absolute Gasteiger partial charge is 0.493 e. The van der Waals surface area contributed by atoms with Crippen molar-refractivity contribution < 1.29 is 19.1 Å². The molecule has 7 nitrogen and oxygen atoms in total. The number of carbonyl (C=O) groups excluding carboxylic acids is 2. The monoisotopic (exact) mass is 347 g/mol. The highest BCUT2D eigenvalue weighted by atomic mass is 16.5. The van der Waals surface area contributed by atoms with Crippen LogP contribution >= 0.6 is 0 Å². The third-order valence-corrected chi connectivity index (χ3v) is 4.62. The van der Waals surface area contributed by atoms with Gasteiger partial charge >= 0.3 is 0 Å². The second kappa shape index (κ2) is 7.74. The van der Waals surface area contributed by atoms with E-state index in [2.05, 4.69) is 10.6 Å². The van der Waals surface area contributed by atoms with Gasteiger partial charge in [0.1, 0.15) is 0 Å². The van der Waals surface area contributed by atoms with Gasteiger partial charge in [0.2, 0.25) is 11.8 Å². The molecule has 1 aromatic rings. The molecule has 1 saturated heterocycles. The van der Waals surface area contributed by atoms with Gasteiger partial charge in [-0.15, -0.1) is 0 Å². The molecule has 1 aliphatic carbocycles. The van der Waals surface area contributed by atoms with Gasteiger partial charge in [0.25, 0.3) is 0 Å². The molecule has 1 heterocycles. The minimum absolute atomic E-state index is 0.0628. The molecular weight excluding hydrogens is 322 g/mol. The number of methoxy groups -OCH3 is 2. The number of hydrogen-bond acceptors (Lipinski definition) is 5. The third-order valence-electron chi connectivity index (χ3n) is 4.62. The van der Waals surface area contributed by atoms with Gasteiger partial charge in [0.05, 0.1) is 26.7 Å². The maximum atomic E-state index is 12.3. The van der Waals surface area contributed by atoms with Crippen LogP contribution in [0.4, 0.5) is 0 Å². The Morgan fingerprint density at radius 1 is 1.32 bits per heavy atom. The Kier molecular flexibility index (Phi) is 5.43. The van der Waals surface area contributed by atoms with E-state index in [1.54, 1.807) is 14.2 Å². The molecule has 2 fully saturated rings. The first-order valence-corrected chi connectivity index (χ1v) is 8.63. The number of piperazine rings is 1. The van der Waals surface area contributed by atoms with Crippen molar-refractivity contribution in [3.05, 3.63) is 23.8 Å². The van der Waals surface area contributed by atoms with Crippen LogP contribution in [0.25, 0.3) is 0 Å². The first-order valence-electron chi connectivity index (χ1n) is 8.63. The Bertz CT molecular complexity index is 645. The van der Waals surface area contributed by atoms with Gasteiger partial charge in [-0.2, -0.15) is 0 Å². The number of carbonyl (C=O) groups is 2. The molecule has 2 N–H and O–H groups in total. The summed E-state index contributed by atoms with van der Waals surface area (Å²) in [6.45, 7) is 1.79. The Morgan fingerprint density at radius 2 is 2.12 bits per heavy atom. The summed E-state index contributed by atoms with van der Waals surface area (Å²) in [4.78, 5) is 26.5. The van der Waals surface area contributed by atoms with E-state index in [9.17, 15) is 9.59 Å². The van der Waals surface area contributed by atoms with Crippen molar-refractivity contribution in [1.82, 2.24) is 15.5 Å². The van der Waals surface area contributed by atoms with Crippen molar-refractivity contribution in [3.63, 3.8) is 0 Å². The average Bonchev–Trinajstić information content (AvgIpc) is 3.41. The molecule has 2 amide bonds. The minimum atomic E-state index is -0.469. The van der Waals surface area contributed by atoms with Gasteiger partial charge in [-0.25, -0.2) is 0 Å². The number of nitrogens with one attached hydrogen (secondary N) is 2. The lowest BCUT2D eigenvalue weighted by atomic mass is 10.1. The number of para-hydroxylation sites is 1.